The predicted octanol–water partition coefficient (Wildman–Crippen LogP) is 2.83. The third kappa shape index (κ3) is 3.33. The van der Waals surface area contributed by atoms with Crippen molar-refractivity contribution >= 4 is 11.3 Å². The fourth-order valence-electron chi connectivity index (χ4n) is 2.90. The minimum absolute atomic E-state index is 0.500. The van der Waals surface area contributed by atoms with Gasteiger partial charge in [0.25, 0.3) is 0 Å². The van der Waals surface area contributed by atoms with Crippen molar-refractivity contribution in [2.24, 2.45) is 0 Å². The summed E-state index contributed by atoms with van der Waals surface area (Å²) in [6.07, 6.45) is 5.51. The van der Waals surface area contributed by atoms with Crippen LogP contribution in [0.4, 0.5) is 0 Å². The second-order valence-corrected chi connectivity index (χ2v) is 6.74. The molecular formula is C17H18N4O3S. The lowest BCUT2D eigenvalue weighted by molar-refractivity contribution is -0.101. The quantitative estimate of drug-likeness (QED) is 0.693. The molecule has 4 rings (SSSR count). The average Bonchev–Trinajstić information content (AvgIpc) is 3.33. The number of ether oxygens (including phenoxy) is 2. The number of aromatic nitrogens is 4. The van der Waals surface area contributed by atoms with Crippen LogP contribution in [0.1, 0.15) is 30.3 Å². The van der Waals surface area contributed by atoms with Gasteiger partial charge < -0.3 is 14.0 Å². The van der Waals surface area contributed by atoms with Crippen LogP contribution >= 0.6 is 11.3 Å². The highest BCUT2D eigenvalue weighted by atomic mass is 32.1. The molecule has 1 fully saturated rings. The molecule has 0 aliphatic carbocycles. The molecule has 7 nitrogen and oxygen atoms in total. The molecule has 130 valence electrons. The smallest absolute Gasteiger partial charge is 0.232 e. The first-order valence-corrected chi connectivity index (χ1v) is 8.98. The Kier molecular flexibility index (Phi) is 4.56. The minimum atomic E-state index is -0.511. The Hall–Kier alpha value is -2.16. The van der Waals surface area contributed by atoms with E-state index < -0.39 is 5.60 Å². The Morgan fingerprint density at radius 2 is 2.16 bits per heavy atom. The highest BCUT2D eigenvalue weighted by molar-refractivity contribution is 7.13. The van der Waals surface area contributed by atoms with Crippen molar-refractivity contribution in [1.29, 1.82) is 0 Å². The molecule has 1 aliphatic rings. The van der Waals surface area contributed by atoms with Crippen molar-refractivity contribution in [1.82, 2.24) is 20.1 Å². The van der Waals surface area contributed by atoms with E-state index in [1.54, 1.807) is 30.8 Å². The van der Waals surface area contributed by atoms with Crippen LogP contribution in [0.2, 0.25) is 0 Å². The summed E-state index contributed by atoms with van der Waals surface area (Å²) in [5.41, 5.74) is 1.39. The Morgan fingerprint density at radius 3 is 2.92 bits per heavy atom. The summed E-state index contributed by atoms with van der Waals surface area (Å²) < 4.78 is 16.6. The van der Waals surface area contributed by atoms with E-state index in [9.17, 15) is 0 Å². The van der Waals surface area contributed by atoms with E-state index in [1.165, 1.54) is 0 Å². The molecule has 3 aromatic heterocycles. The lowest BCUT2D eigenvalue weighted by Crippen LogP contribution is -2.36. The Balaban J connectivity index is 1.51. The molecule has 0 radical (unpaired) electrons. The van der Waals surface area contributed by atoms with Gasteiger partial charge in [0.2, 0.25) is 11.7 Å². The first kappa shape index (κ1) is 16.3. The van der Waals surface area contributed by atoms with Crippen molar-refractivity contribution in [3.63, 3.8) is 0 Å². The van der Waals surface area contributed by atoms with Crippen molar-refractivity contribution in [3.8, 4) is 10.6 Å². The molecule has 1 saturated heterocycles. The number of pyridine rings is 1. The van der Waals surface area contributed by atoms with E-state index in [4.69, 9.17) is 14.0 Å². The van der Waals surface area contributed by atoms with Gasteiger partial charge in [-0.1, -0.05) is 5.16 Å². The van der Waals surface area contributed by atoms with Crippen LogP contribution in [0.5, 0.6) is 0 Å². The van der Waals surface area contributed by atoms with Crippen molar-refractivity contribution in [2.45, 2.75) is 24.9 Å². The van der Waals surface area contributed by atoms with Crippen LogP contribution in [0.15, 0.2) is 34.4 Å². The Bertz CT molecular complexity index is 827. The maximum absolute atomic E-state index is 5.70. The van der Waals surface area contributed by atoms with Crippen LogP contribution in [-0.4, -0.2) is 40.4 Å². The van der Waals surface area contributed by atoms with Crippen LogP contribution in [0, 0.1) is 0 Å². The lowest BCUT2D eigenvalue weighted by atomic mass is 9.93. The first-order valence-electron chi connectivity index (χ1n) is 8.10. The van der Waals surface area contributed by atoms with E-state index in [0.29, 0.717) is 31.3 Å². The molecule has 8 heteroatoms. The third-order valence-corrected chi connectivity index (χ3v) is 5.30. The van der Waals surface area contributed by atoms with Gasteiger partial charge in [0, 0.05) is 56.5 Å². The van der Waals surface area contributed by atoms with Gasteiger partial charge in [0.1, 0.15) is 10.6 Å². The van der Waals surface area contributed by atoms with E-state index in [0.717, 1.165) is 29.1 Å². The standard InChI is InChI=1S/C17H18N4O3S/c1-22-17(4-7-23-8-5-17)16-20-14(24-21-16)9-13-11-25-15(19-13)12-3-2-6-18-10-12/h2-3,6,10-11H,4-5,7-9H2,1H3. The molecule has 0 atom stereocenters. The number of hydrogen-bond donors (Lipinski definition) is 0. The second kappa shape index (κ2) is 6.99. The predicted molar refractivity (Wildman–Crippen MR) is 91.2 cm³/mol. The normalized spacial score (nSPS) is 16.8. The molecule has 0 amide bonds. The Morgan fingerprint density at radius 1 is 1.28 bits per heavy atom. The summed E-state index contributed by atoms with van der Waals surface area (Å²) in [4.78, 5) is 13.3. The lowest BCUT2D eigenvalue weighted by Gasteiger charge is -2.32. The van der Waals surface area contributed by atoms with Gasteiger partial charge in [-0.15, -0.1) is 11.3 Å². The number of thiazole rings is 1. The van der Waals surface area contributed by atoms with Crippen LogP contribution in [0.25, 0.3) is 10.6 Å². The summed E-state index contributed by atoms with van der Waals surface area (Å²) in [5.74, 6) is 1.14. The van der Waals surface area contributed by atoms with Crippen molar-refractivity contribution < 1.29 is 14.0 Å². The fourth-order valence-corrected chi connectivity index (χ4v) is 3.71. The molecule has 1 aliphatic heterocycles. The SMILES string of the molecule is COC1(c2noc(Cc3csc(-c4cccnc4)n3)n2)CCOCC1. The van der Waals surface area contributed by atoms with E-state index >= 15 is 0 Å². The number of methoxy groups -OCH3 is 1. The maximum Gasteiger partial charge on any atom is 0.232 e. The first-order chi connectivity index (χ1) is 12.3. The molecule has 0 saturated carbocycles. The molecule has 0 aromatic carbocycles. The molecule has 0 bridgehead atoms. The fraction of sp³-hybridized carbons (Fsp3) is 0.412. The molecule has 0 N–H and O–H groups in total. The number of rotatable bonds is 5. The van der Waals surface area contributed by atoms with Gasteiger partial charge in [-0.05, 0) is 12.1 Å². The van der Waals surface area contributed by atoms with Gasteiger partial charge in [-0.2, -0.15) is 4.98 Å². The van der Waals surface area contributed by atoms with Crippen molar-refractivity contribution in [3.05, 3.63) is 47.3 Å². The summed E-state index contributed by atoms with van der Waals surface area (Å²) in [6, 6.07) is 3.90. The summed E-state index contributed by atoms with van der Waals surface area (Å²) in [6.45, 7) is 1.27. The maximum atomic E-state index is 5.70. The Labute approximate surface area is 149 Å². The molecular weight excluding hydrogens is 340 g/mol. The molecule has 0 spiro atoms. The topological polar surface area (TPSA) is 83.2 Å². The van der Waals surface area contributed by atoms with E-state index in [2.05, 4.69) is 20.1 Å². The zero-order valence-electron chi connectivity index (χ0n) is 13.8. The van der Waals surface area contributed by atoms with Crippen LogP contribution in [-0.2, 0) is 21.5 Å². The van der Waals surface area contributed by atoms with Gasteiger partial charge in [-0.25, -0.2) is 4.98 Å². The largest absolute Gasteiger partial charge is 0.381 e. The minimum Gasteiger partial charge on any atom is -0.381 e. The van der Waals surface area contributed by atoms with E-state index in [1.807, 2.05) is 17.5 Å². The van der Waals surface area contributed by atoms with Gasteiger partial charge in [0.15, 0.2) is 0 Å². The number of nitrogens with zero attached hydrogens (tertiary/aromatic N) is 4. The zero-order valence-corrected chi connectivity index (χ0v) is 14.7. The molecule has 4 heterocycles. The second-order valence-electron chi connectivity index (χ2n) is 5.88. The van der Waals surface area contributed by atoms with Gasteiger partial charge >= 0.3 is 0 Å². The van der Waals surface area contributed by atoms with Crippen LogP contribution < -0.4 is 0 Å². The number of hydrogen-bond acceptors (Lipinski definition) is 8. The monoisotopic (exact) mass is 358 g/mol. The third-order valence-electron chi connectivity index (χ3n) is 4.36. The summed E-state index contributed by atoms with van der Waals surface area (Å²) in [7, 11) is 1.68. The van der Waals surface area contributed by atoms with Crippen molar-refractivity contribution in [2.75, 3.05) is 20.3 Å². The highest BCUT2D eigenvalue weighted by Crippen LogP contribution is 2.33. The molecule has 25 heavy (non-hydrogen) atoms. The van der Waals surface area contributed by atoms with Gasteiger partial charge in [-0.3, -0.25) is 4.98 Å². The van der Waals surface area contributed by atoms with Gasteiger partial charge in [0.05, 0.1) is 12.1 Å². The average molecular weight is 358 g/mol. The molecule has 3 aromatic rings. The van der Waals surface area contributed by atoms with E-state index in [-0.39, 0.29) is 0 Å². The van der Waals surface area contributed by atoms with Crippen LogP contribution in [0.3, 0.4) is 0 Å². The summed E-state index contributed by atoms with van der Waals surface area (Å²) in [5, 5.41) is 7.08. The highest BCUT2D eigenvalue weighted by Gasteiger charge is 2.39. The summed E-state index contributed by atoms with van der Waals surface area (Å²) >= 11 is 1.58. The molecule has 0 unspecified atom stereocenters. The zero-order chi connectivity index (χ0) is 17.1.